The lowest BCUT2D eigenvalue weighted by Gasteiger charge is -2.33. The Kier molecular flexibility index (Phi) is 15.6. The molecular weight excluding hydrogens is 1430 g/mol. The van der Waals surface area contributed by atoms with E-state index in [9.17, 15) is 0 Å². The van der Waals surface area contributed by atoms with Gasteiger partial charge in [-0.15, -0.1) is 11.3 Å². The first kappa shape index (κ1) is 66.9. The zero-order valence-electron chi connectivity index (χ0n) is 62.9. The predicted octanol–water partition coefficient (Wildman–Crippen LogP) is 30.4. The molecule has 6 heteroatoms. The van der Waals surface area contributed by atoms with Gasteiger partial charge in [-0.3, -0.25) is 0 Å². The van der Waals surface area contributed by atoms with E-state index in [4.69, 9.17) is 13.3 Å². The van der Waals surface area contributed by atoms with Crippen molar-refractivity contribution < 1.29 is 13.3 Å². The van der Waals surface area contributed by atoms with Crippen LogP contribution in [0, 0.1) is 0 Å². The summed E-state index contributed by atoms with van der Waals surface area (Å²) in [5, 5.41) is 9.08. The van der Waals surface area contributed by atoms with Crippen LogP contribution in [0.4, 0.5) is 34.1 Å². The van der Waals surface area contributed by atoms with E-state index in [0.29, 0.717) is 0 Å². The standard InChI is InChI=1S/C55H35NO2.C55H35NOS/c1-3-14-36(15-4-1)37-26-29-40(30-27-37)56(41-31-33-52-47(35-41)44-20-9-12-25-51(44)57-52)50-24-13-21-46-45-32-28-39(34-53(45)58-54(46)50)55(38-16-5-2-6-17-38)48-22-10-7-18-42(48)43-19-8-11-23-49(43)55;1-3-15-36(16-4-1)37-17-13-20-40(33-37)56(50-27-14-24-46-45-23-9-12-28-53(45)58-54(46)50)41-30-31-44-47-34-39(29-32-51(47)57-52(44)35-41)55(38-18-5-2-6-19-38)48-25-10-7-21-42(48)43-22-8-11-26-49(43)55/h2*1-35H. The first-order chi connectivity index (χ1) is 57.5. The van der Waals surface area contributed by atoms with Gasteiger partial charge in [0.2, 0.25) is 0 Å². The molecule has 0 atom stereocenters. The summed E-state index contributed by atoms with van der Waals surface area (Å²) in [6, 6.07) is 153. The van der Waals surface area contributed by atoms with E-state index in [1.54, 1.807) is 0 Å². The molecule has 4 heterocycles. The molecule has 0 saturated carbocycles. The van der Waals surface area contributed by atoms with E-state index in [2.05, 4.69) is 422 Å². The second-order valence-corrected chi connectivity index (χ2v) is 31.5. The Morgan fingerprint density at radius 2 is 0.612 bits per heavy atom. The van der Waals surface area contributed by atoms with Crippen molar-refractivity contribution in [3.63, 3.8) is 0 Å². The minimum atomic E-state index is -0.514. The van der Waals surface area contributed by atoms with Gasteiger partial charge in [0.05, 0.1) is 26.9 Å². The maximum atomic E-state index is 7.14. The third kappa shape index (κ3) is 10.4. The molecule has 0 aliphatic heterocycles. The first-order valence-electron chi connectivity index (χ1n) is 39.7. The lowest BCUT2D eigenvalue weighted by Crippen LogP contribution is -2.28. The summed E-state index contributed by atoms with van der Waals surface area (Å²) < 4.78 is 22.8. The Morgan fingerprint density at radius 3 is 1.27 bits per heavy atom. The quantitative estimate of drug-likeness (QED) is 0.122. The van der Waals surface area contributed by atoms with Gasteiger partial charge in [-0.2, -0.15) is 0 Å². The molecule has 0 unspecified atom stereocenters. The summed E-state index contributed by atoms with van der Waals surface area (Å²) in [7, 11) is 0. The molecule has 116 heavy (non-hydrogen) atoms. The van der Waals surface area contributed by atoms with Gasteiger partial charge in [-0.05, 0) is 186 Å². The van der Waals surface area contributed by atoms with Gasteiger partial charge < -0.3 is 23.1 Å². The second-order valence-electron chi connectivity index (χ2n) is 30.4. The summed E-state index contributed by atoms with van der Waals surface area (Å²) in [6.45, 7) is 0. The van der Waals surface area contributed by atoms with Gasteiger partial charge in [-0.1, -0.05) is 322 Å². The van der Waals surface area contributed by atoms with Crippen molar-refractivity contribution in [2.45, 2.75) is 10.8 Å². The lowest BCUT2D eigenvalue weighted by atomic mass is 9.67. The lowest BCUT2D eigenvalue weighted by molar-refractivity contribution is 0.665. The summed E-state index contributed by atoms with van der Waals surface area (Å²) >= 11 is 1.85. The largest absolute Gasteiger partial charge is 0.456 e. The molecule has 2 aliphatic rings. The van der Waals surface area contributed by atoms with E-state index >= 15 is 0 Å². The highest BCUT2D eigenvalue weighted by Crippen LogP contribution is 2.59. The molecule has 5 nitrogen and oxygen atoms in total. The van der Waals surface area contributed by atoms with E-state index in [1.807, 2.05) is 23.5 Å². The molecule has 0 radical (unpaired) electrons. The molecule has 0 saturated heterocycles. The van der Waals surface area contributed by atoms with Gasteiger partial charge in [0.15, 0.2) is 5.58 Å². The minimum Gasteiger partial charge on any atom is -0.456 e. The van der Waals surface area contributed by atoms with Crippen LogP contribution < -0.4 is 9.80 Å². The van der Waals surface area contributed by atoms with Gasteiger partial charge >= 0.3 is 0 Å². The Morgan fingerprint density at radius 1 is 0.207 bits per heavy atom. The summed E-state index contributed by atoms with van der Waals surface area (Å²) in [5.74, 6) is 0. The van der Waals surface area contributed by atoms with E-state index in [-0.39, 0.29) is 0 Å². The van der Waals surface area contributed by atoms with Crippen LogP contribution in [0.3, 0.4) is 0 Å². The Balaban J connectivity index is 0.000000137. The number of benzene rings is 18. The SMILES string of the molecule is c1ccc(-c2ccc(N(c3ccc4oc5ccccc5c4c3)c3cccc4c3oc3cc(C5(c6ccccc6)c6ccccc6-c6ccccc65)ccc34)cc2)cc1.c1ccc(-c2cccc(N(c3ccc4c(c3)oc3ccc(C5(c6ccccc6)c6ccccc6-c6ccccc65)cc34)c3cccc4c3sc3ccccc34)c2)cc1. The molecule has 0 spiro atoms. The summed E-state index contributed by atoms with van der Waals surface area (Å²) in [4.78, 5) is 4.72. The molecule has 0 fully saturated rings. The van der Waals surface area contributed by atoms with E-state index in [0.717, 1.165) is 106 Å². The summed E-state index contributed by atoms with van der Waals surface area (Å²) in [6.07, 6.45) is 0. The zero-order chi connectivity index (χ0) is 76.4. The smallest absolute Gasteiger partial charge is 0.159 e. The van der Waals surface area contributed by atoms with Crippen LogP contribution in [0.5, 0.6) is 0 Å². The molecule has 2 aliphatic carbocycles. The third-order valence-electron chi connectivity index (χ3n) is 24.3. The maximum absolute atomic E-state index is 7.14. The fraction of sp³-hybridized carbons (Fsp3) is 0.0182. The highest BCUT2D eigenvalue weighted by molar-refractivity contribution is 7.26. The number of para-hydroxylation sites is 2. The number of thiophene rings is 1. The number of hydrogen-bond acceptors (Lipinski definition) is 6. The van der Waals surface area contributed by atoms with E-state index < -0.39 is 10.8 Å². The van der Waals surface area contributed by atoms with Gasteiger partial charge in [-0.25, -0.2) is 0 Å². The number of furan rings is 3. The number of anilines is 6. The van der Waals surface area contributed by atoms with Crippen LogP contribution >= 0.6 is 11.3 Å². The minimum absolute atomic E-state index is 0.477. The van der Waals surface area contributed by atoms with Crippen molar-refractivity contribution in [1.82, 2.24) is 0 Å². The highest BCUT2D eigenvalue weighted by atomic mass is 32.1. The summed E-state index contributed by atoms with van der Waals surface area (Å²) in [5.41, 5.74) is 30.3. The van der Waals surface area contributed by atoms with Crippen molar-refractivity contribution in [2.24, 2.45) is 0 Å². The second kappa shape index (κ2) is 27.0. The zero-order valence-corrected chi connectivity index (χ0v) is 63.8. The van der Waals surface area contributed by atoms with Crippen LogP contribution in [0.15, 0.2) is 438 Å². The molecule has 22 aromatic rings. The Bertz CT molecular complexity index is 7510. The van der Waals surface area contributed by atoms with Crippen LogP contribution in [0.2, 0.25) is 0 Å². The average Bonchev–Trinajstić information content (AvgIpc) is 1.52. The first-order valence-corrected chi connectivity index (χ1v) is 40.5. The Labute approximate surface area is 674 Å². The molecule has 544 valence electrons. The van der Waals surface area contributed by atoms with Crippen LogP contribution in [-0.2, 0) is 10.8 Å². The highest BCUT2D eigenvalue weighted by Gasteiger charge is 2.48. The number of nitrogens with zero attached hydrogens (tertiary/aromatic N) is 2. The van der Waals surface area contributed by atoms with Crippen molar-refractivity contribution in [3.05, 3.63) is 469 Å². The molecule has 0 amide bonds. The van der Waals surface area contributed by atoms with Gasteiger partial charge in [0.25, 0.3) is 0 Å². The predicted molar refractivity (Wildman–Crippen MR) is 482 cm³/mol. The number of fused-ring (bicyclic) bond motifs is 18. The van der Waals surface area contributed by atoms with Gasteiger partial charge in [0.1, 0.15) is 27.9 Å². The molecule has 4 aromatic heterocycles. The number of hydrogen-bond donors (Lipinski definition) is 0. The van der Waals surface area contributed by atoms with Crippen LogP contribution in [0.25, 0.3) is 130 Å². The van der Waals surface area contributed by atoms with E-state index in [1.165, 1.54) is 104 Å². The van der Waals surface area contributed by atoms with Gasteiger partial charge in [0, 0.05) is 76.6 Å². The van der Waals surface area contributed by atoms with Crippen molar-refractivity contribution in [3.8, 4) is 44.5 Å². The fourth-order valence-corrected chi connectivity index (χ4v) is 20.5. The molecular formula is C110H70N2O3S. The normalized spacial score (nSPS) is 13.0. The van der Waals surface area contributed by atoms with Crippen LogP contribution in [-0.4, -0.2) is 0 Å². The van der Waals surface area contributed by atoms with Crippen molar-refractivity contribution >= 4 is 131 Å². The molecule has 0 bridgehead atoms. The van der Waals surface area contributed by atoms with Crippen molar-refractivity contribution in [2.75, 3.05) is 9.80 Å². The molecule has 18 aromatic carbocycles. The number of rotatable bonds is 12. The van der Waals surface area contributed by atoms with Crippen LogP contribution in [0.1, 0.15) is 44.5 Å². The molecule has 24 rings (SSSR count). The third-order valence-corrected chi connectivity index (χ3v) is 25.5. The fourth-order valence-electron chi connectivity index (χ4n) is 19.3. The molecule has 0 N–H and O–H groups in total. The average molecular weight is 1500 g/mol. The monoisotopic (exact) mass is 1500 g/mol. The van der Waals surface area contributed by atoms with Crippen molar-refractivity contribution in [1.29, 1.82) is 0 Å². The Hall–Kier alpha value is -14.8. The topological polar surface area (TPSA) is 45.9 Å². The maximum Gasteiger partial charge on any atom is 0.159 e.